The number of halogens is 3. The Labute approximate surface area is 122 Å². The van der Waals surface area contributed by atoms with E-state index in [4.69, 9.17) is 5.11 Å². The van der Waals surface area contributed by atoms with E-state index in [-0.39, 0.29) is 25.3 Å². The number of rotatable bonds is 5. The van der Waals surface area contributed by atoms with E-state index in [1.807, 2.05) is 0 Å². The van der Waals surface area contributed by atoms with Gasteiger partial charge in [0.15, 0.2) is 0 Å². The molecule has 0 heterocycles. The van der Waals surface area contributed by atoms with Crippen molar-refractivity contribution < 1.29 is 27.9 Å². The Morgan fingerprint density at radius 1 is 1.33 bits per heavy atom. The SMILES string of the molecule is CCN(CC(C)C(=O)O)C(=O)C1CCCC(C(F)(F)F)C1. The summed E-state index contributed by atoms with van der Waals surface area (Å²) in [6.07, 6.45) is -3.54. The Hall–Kier alpha value is -1.27. The highest BCUT2D eigenvalue weighted by Crippen LogP contribution is 2.40. The summed E-state index contributed by atoms with van der Waals surface area (Å²) < 4.78 is 38.3. The van der Waals surface area contributed by atoms with Crippen molar-refractivity contribution in [2.45, 2.75) is 45.7 Å². The third kappa shape index (κ3) is 4.89. The van der Waals surface area contributed by atoms with E-state index in [1.165, 1.54) is 11.8 Å². The molecular formula is C14H22F3NO3. The van der Waals surface area contributed by atoms with Crippen molar-refractivity contribution in [3.8, 4) is 0 Å². The maximum Gasteiger partial charge on any atom is 0.391 e. The van der Waals surface area contributed by atoms with Crippen LogP contribution in [0.2, 0.25) is 0 Å². The van der Waals surface area contributed by atoms with Crippen LogP contribution in [0.5, 0.6) is 0 Å². The van der Waals surface area contributed by atoms with Gasteiger partial charge in [-0.1, -0.05) is 13.3 Å². The van der Waals surface area contributed by atoms with Gasteiger partial charge in [-0.25, -0.2) is 0 Å². The lowest BCUT2D eigenvalue weighted by molar-refractivity contribution is -0.187. The van der Waals surface area contributed by atoms with Gasteiger partial charge in [0.1, 0.15) is 0 Å². The summed E-state index contributed by atoms with van der Waals surface area (Å²) in [7, 11) is 0. The van der Waals surface area contributed by atoms with Crippen molar-refractivity contribution in [3.63, 3.8) is 0 Å². The van der Waals surface area contributed by atoms with Crippen LogP contribution >= 0.6 is 0 Å². The highest BCUT2D eigenvalue weighted by Gasteiger charge is 2.44. The number of carbonyl (C=O) groups is 2. The zero-order valence-corrected chi connectivity index (χ0v) is 12.3. The quantitative estimate of drug-likeness (QED) is 0.849. The number of alkyl halides is 3. The van der Waals surface area contributed by atoms with Crippen LogP contribution in [0, 0.1) is 17.8 Å². The number of nitrogens with zero attached hydrogens (tertiary/aromatic N) is 1. The predicted molar refractivity (Wildman–Crippen MR) is 70.6 cm³/mol. The first-order chi connectivity index (χ1) is 9.66. The number of carbonyl (C=O) groups excluding carboxylic acids is 1. The van der Waals surface area contributed by atoms with Crippen LogP contribution in [-0.2, 0) is 9.59 Å². The fourth-order valence-corrected chi connectivity index (χ4v) is 2.75. The molecule has 0 radical (unpaired) electrons. The number of carboxylic acids is 1. The van der Waals surface area contributed by atoms with Crippen LogP contribution in [0.25, 0.3) is 0 Å². The number of carboxylic acid groups (broad SMARTS) is 1. The van der Waals surface area contributed by atoms with Crippen LogP contribution in [0.3, 0.4) is 0 Å². The lowest BCUT2D eigenvalue weighted by atomic mass is 9.80. The zero-order valence-electron chi connectivity index (χ0n) is 12.3. The molecule has 1 aliphatic carbocycles. The molecule has 0 spiro atoms. The highest BCUT2D eigenvalue weighted by atomic mass is 19.4. The van der Waals surface area contributed by atoms with Crippen molar-refractivity contribution >= 4 is 11.9 Å². The van der Waals surface area contributed by atoms with Gasteiger partial charge in [-0.15, -0.1) is 0 Å². The first-order valence-corrected chi connectivity index (χ1v) is 7.25. The minimum Gasteiger partial charge on any atom is -0.481 e. The summed E-state index contributed by atoms with van der Waals surface area (Å²) in [5.74, 6) is -4.16. The zero-order chi connectivity index (χ0) is 16.2. The molecule has 4 nitrogen and oxygen atoms in total. The minimum atomic E-state index is -4.26. The third-order valence-electron chi connectivity index (χ3n) is 4.10. The Bertz CT molecular complexity index is 384. The summed E-state index contributed by atoms with van der Waals surface area (Å²) in [6, 6.07) is 0. The molecule has 0 bridgehead atoms. The second kappa shape index (κ2) is 7.13. The maximum atomic E-state index is 12.8. The third-order valence-corrected chi connectivity index (χ3v) is 4.10. The Morgan fingerprint density at radius 3 is 2.43 bits per heavy atom. The number of amides is 1. The minimum absolute atomic E-state index is 0.0395. The molecule has 0 aliphatic heterocycles. The Balaban J connectivity index is 2.69. The van der Waals surface area contributed by atoms with Gasteiger partial charge in [-0.2, -0.15) is 13.2 Å². The molecule has 0 aromatic heterocycles. The lowest BCUT2D eigenvalue weighted by Crippen LogP contribution is -2.42. The van der Waals surface area contributed by atoms with Crippen molar-refractivity contribution in [2.24, 2.45) is 17.8 Å². The smallest absolute Gasteiger partial charge is 0.391 e. The van der Waals surface area contributed by atoms with Crippen molar-refractivity contribution in [3.05, 3.63) is 0 Å². The summed E-state index contributed by atoms with van der Waals surface area (Å²) in [6.45, 7) is 3.54. The second-order valence-corrected chi connectivity index (χ2v) is 5.72. The Morgan fingerprint density at radius 2 is 1.95 bits per heavy atom. The van der Waals surface area contributed by atoms with E-state index < -0.39 is 29.9 Å². The fraction of sp³-hybridized carbons (Fsp3) is 0.857. The number of hydrogen-bond acceptors (Lipinski definition) is 2. The highest BCUT2D eigenvalue weighted by molar-refractivity contribution is 5.80. The molecule has 1 saturated carbocycles. The van der Waals surface area contributed by atoms with E-state index in [1.54, 1.807) is 6.92 Å². The fourth-order valence-electron chi connectivity index (χ4n) is 2.75. The molecule has 1 fully saturated rings. The van der Waals surface area contributed by atoms with Crippen LogP contribution < -0.4 is 0 Å². The van der Waals surface area contributed by atoms with Crippen molar-refractivity contribution in [2.75, 3.05) is 13.1 Å². The van der Waals surface area contributed by atoms with Gasteiger partial charge in [-0.3, -0.25) is 9.59 Å². The maximum absolute atomic E-state index is 12.8. The predicted octanol–water partition coefficient (Wildman–Crippen LogP) is 2.92. The van der Waals surface area contributed by atoms with Crippen molar-refractivity contribution in [1.82, 2.24) is 4.90 Å². The van der Waals surface area contributed by atoms with Gasteiger partial charge in [0.25, 0.3) is 0 Å². The van der Waals surface area contributed by atoms with E-state index >= 15 is 0 Å². The summed E-state index contributed by atoms with van der Waals surface area (Å²) in [5, 5.41) is 8.88. The molecule has 0 aromatic rings. The van der Waals surface area contributed by atoms with E-state index in [9.17, 15) is 22.8 Å². The summed E-state index contributed by atoms with van der Waals surface area (Å²) in [4.78, 5) is 24.5. The molecule has 1 N–H and O–H groups in total. The topological polar surface area (TPSA) is 57.6 Å². The van der Waals surface area contributed by atoms with Gasteiger partial charge in [-0.05, 0) is 26.2 Å². The standard InChI is InChI=1S/C14H22F3NO3/c1-3-18(8-9(2)13(20)21)12(19)10-5-4-6-11(7-10)14(15,16)17/h9-11H,3-8H2,1-2H3,(H,20,21). The molecule has 1 amide bonds. The van der Waals surface area contributed by atoms with E-state index in [2.05, 4.69) is 0 Å². The molecule has 3 unspecified atom stereocenters. The molecule has 7 heteroatoms. The number of aliphatic carboxylic acids is 1. The molecule has 1 aliphatic rings. The summed E-state index contributed by atoms with van der Waals surface area (Å²) >= 11 is 0. The molecular weight excluding hydrogens is 287 g/mol. The lowest BCUT2D eigenvalue weighted by Gasteiger charge is -2.33. The normalized spacial score (nSPS) is 24.4. The molecule has 0 aromatic carbocycles. The molecule has 3 atom stereocenters. The van der Waals surface area contributed by atoms with Crippen LogP contribution in [0.4, 0.5) is 13.2 Å². The van der Waals surface area contributed by atoms with Gasteiger partial charge >= 0.3 is 12.1 Å². The van der Waals surface area contributed by atoms with Gasteiger partial charge < -0.3 is 10.0 Å². The van der Waals surface area contributed by atoms with Gasteiger partial charge in [0.05, 0.1) is 11.8 Å². The first-order valence-electron chi connectivity index (χ1n) is 7.25. The van der Waals surface area contributed by atoms with Gasteiger partial charge in [0.2, 0.25) is 5.91 Å². The Kier molecular flexibility index (Phi) is 6.04. The largest absolute Gasteiger partial charge is 0.481 e. The molecule has 21 heavy (non-hydrogen) atoms. The van der Waals surface area contributed by atoms with Gasteiger partial charge in [0, 0.05) is 19.0 Å². The average Bonchev–Trinajstić information content (AvgIpc) is 2.42. The molecule has 1 rings (SSSR count). The van der Waals surface area contributed by atoms with Crippen molar-refractivity contribution in [1.29, 1.82) is 0 Å². The van der Waals surface area contributed by atoms with E-state index in [0.717, 1.165) is 0 Å². The van der Waals surface area contributed by atoms with E-state index in [0.29, 0.717) is 19.4 Å². The monoisotopic (exact) mass is 309 g/mol. The average molecular weight is 309 g/mol. The van der Waals surface area contributed by atoms with Crippen LogP contribution in [-0.4, -0.2) is 41.1 Å². The molecule has 0 saturated heterocycles. The second-order valence-electron chi connectivity index (χ2n) is 5.72. The summed E-state index contributed by atoms with van der Waals surface area (Å²) in [5.41, 5.74) is 0. The van der Waals surface area contributed by atoms with Crippen LogP contribution in [0.1, 0.15) is 39.5 Å². The first kappa shape index (κ1) is 17.8. The van der Waals surface area contributed by atoms with Crippen LogP contribution in [0.15, 0.2) is 0 Å². The molecule has 122 valence electrons. The number of hydrogen-bond donors (Lipinski definition) is 1.